The van der Waals surface area contributed by atoms with E-state index in [9.17, 15) is 13.8 Å². The van der Waals surface area contributed by atoms with Crippen molar-refractivity contribution in [2.75, 3.05) is 13.2 Å². The smallest absolute Gasteiger partial charge is 0.408 e. The maximum atomic E-state index is 13.0. The van der Waals surface area contributed by atoms with Gasteiger partial charge in [0.2, 0.25) is 0 Å². The van der Waals surface area contributed by atoms with E-state index < -0.39 is 28.4 Å². The van der Waals surface area contributed by atoms with E-state index in [1.54, 1.807) is 6.92 Å². The minimum Gasteiger partial charge on any atom is -0.464 e. The minimum absolute atomic E-state index is 0.0556. The van der Waals surface area contributed by atoms with E-state index in [4.69, 9.17) is 9.47 Å². The molecule has 174 valence electrons. The summed E-state index contributed by atoms with van der Waals surface area (Å²) in [6, 6.07) is 16.3. The van der Waals surface area contributed by atoms with Gasteiger partial charge in [-0.15, -0.1) is 0 Å². The molecule has 2 aromatic carbocycles. The Morgan fingerprint density at radius 2 is 1.55 bits per heavy atom. The largest absolute Gasteiger partial charge is 0.464 e. The number of esters is 1. The van der Waals surface area contributed by atoms with Crippen LogP contribution in [-0.2, 0) is 25.1 Å². The second kappa shape index (κ2) is 8.93. The van der Waals surface area contributed by atoms with Crippen LogP contribution in [0.3, 0.4) is 0 Å². The monoisotopic (exact) mass is 467 g/mol. The summed E-state index contributed by atoms with van der Waals surface area (Å²) >= 11 is 0. The van der Waals surface area contributed by atoms with Crippen LogP contribution in [0.25, 0.3) is 11.1 Å². The van der Waals surface area contributed by atoms with Gasteiger partial charge in [0.05, 0.1) is 6.61 Å². The number of nitrogens with one attached hydrogen (secondary N) is 1. The van der Waals surface area contributed by atoms with Crippen molar-refractivity contribution < 1.29 is 23.3 Å². The molecule has 2 unspecified atom stereocenters. The number of ether oxygens (including phenoxy) is 2. The van der Waals surface area contributed by atoms with E-state index in [2.05, 4.69) is 29.6 Å². The molecule has 0 saturated carbocycles. The maximum Gasteiger partial charge on any atom is 0.408 e. The first-order valence-electron chi connectivity index (χ1n) is 11.7. The summed E-state index contributed by atoms with van der Waals surface area (Å²) in [7, 11) is -0.973. The average molecular weight is 468 g/mol. The molecule has 1 amide bonds. The highest BCUT2D eigenvalue weighted by atomic mass is 32.2. The quantitative estimate of drug-likeness (QED) is 0.664. The molecule has 1 N–H and O–H groups in total. The fourth-order valence-corrected chi connectivity index (χ4v) is 7.97. The van der Waals surface area contributed by atoms with E-state index in [1.165, 1.54) is 0 Å². The molecule has 0 spiro atoms. The SMILES string of the molecule is CCOC(=O)C1(NC(=O)OCC2c3ccccc3-c3ccccc32)CC2CCCC(C1)S2=O. The summed E-state index contributed by atoms with van der Waals surface area (Å²) in [5.41, 5.74) is 3.41. The number of fused-ring (bicyclic) bond motifs is 5. The van der Waals surface area contributed by atoms with Gasteiger partial charge in [-0.2, -0.15) is 0 Å². The van der Waals surface area contributed by atoms with Crippen LogP contribution < -0.4 is 5.32 Å². The van der Waals surface area contributed by atoms with Gasteiger partial charge in [0, 0.05) is 27.2 Å². The summed E-state index contributed by atoms with van der Waals surface area (Å²) in [6.07, 6.45) is 2.65. The van der Waals surface area contributed by atoms with Crippen LogP contribution in [-0.4, -0.2) is 45.5 Å². The zero-order valence-corrected chi connectivity index (χ0v) is 19.6. The van der Waals surface area contributed by atoms with Crippen molar-refractivity contribution in [2.45, 2.75) is 61.0 Å². The number of alkyl carbamates (subject to hydrolysis) is 1. The summed E-state index contributed by atoms with van der Waals surface area (Å²) in [5.74, 6) is -0.507. The molecule has 2 atom stereocenters. The van der Waals surface area contributed by atoms with Crippen molar-refractivity contribution in [2.24, 2.45) is 0 Å². The van der Waals surface area contributed by atoms with Crippen molar-refractivity contribution in [3.05, 3.63) is 59.7 Å². The van der Waals surface area contributed by atoms with Crippen LogP contribution in [0.4, 0.5) is 4.79 Å². The third kappa shape index (κ3) is 3.97. The van der Waals surface area contributed by atoms with Crippen molar-refractivity contribution in [3.63, 3.8) is 0 Å². The molecular weight excluding hydrogens is 438 g/mol. The van der Waals surface area contributed by atoms with Crippen LogP contribution in [0.15, 0.2) is 48.5 Å². The van der Waals surface area contributed by atoms with Gasteiger partial charge in [0.25, 0.3) is 0 Å². The highest BCUT2D eigenvalue weighted by molar-refractivity contribution is 7.86. The van der Waals surface area contributed by atoms with E-state index >= 15 is 0 Å². The first-order valence-corrected chi connectivity index (χ1v) is 13.0. The Balaban J connectivity index is 1.33. The summed E-state index contributed by atoms with van der Waals surface area (Å²) in [6.45, 7) is 2.16. The molecule has 2 aliphatic heterocycles. The van der Waals surface area contributed by atoms with Crippen molar-refractivity contribution in [1.82, 2.24) is 5.32 Å². The van der Waals surface area contributed by atoms with E-state index in [0.29, 0.717) is 12.8 Å². The highest BCUT2D eigenvalue weighted by Crippen LogP contribution is 2.45. The predicted octanol–water partition coefficient (Wildman–Crippen LogP) is 4.29. The standard InChI is InChI=1S/C26H29NO5S/c1-2-31-24(28)26(14-17-8-7-9-18(15-26)33(17)30)27-25(29)32-16-23-21-12-5-3-10-19(21)20-11-4-6-13-22(20)23/h3-6,10-13,17-18,23H,2,7-9,14-16H2,1H3,(H,27,29). The third-order valence-corrected chi connectivity index (χ3v) is 9.33. The van der Waals surface area contributed by atoms with E-state index in [-0.39, 0.29) is 29.6 Å². The maximum absolute atomic E-state index is 13.0. The molecule has 6 nitrogen and oxygen atoms in total. The number of amides is 1. The van der Waals surface area contributed by atoms with Gasteiger partial charge in [0.1, 0.15) is 12.1 Å². The predicted molar refractivity (Wildman–Crippen MR) is 126 cm³/mol. The van der Waals surface area contributed by atoms with Crippen LogP contribution in [0.1, 0.15) is 56.1 Å². The van der Waals surface area contributed by atoms with Gasteiger partial charge in [-0.3, -0.25) is 4.21 Å². The van der Waals surface area contributed by atoms with Gasteiger partial charge in [-0.1, -0.05) is 55.0 Å². The van der Waals surface area contributed by atoms with Gasteiger partial charge < -0.3 is 14.8 Å². The Hall–Kier alpha value is -2.67. The fourth-order valence-electron chi connectivity index (χ4n) is 5.73. The van der Waals surface area contributed by atoms with Gasteiger partial charge in [-0.25, -0.2) is 9.59 Å². The Morgan fingerprint density at radius 1 is 0.970 bits per heavy atom. The molecule has 0 radical (unpaired) electrons. The van der Waals surface area contributed by atoms with E-state index in [0.717, 1.165) is 41.5 Å². The topological polar surface area (TPSA) is 81.7 Å². The lowest BCUT2D eigenvalue weighted by Crippen LogP contribution is -2.63. The highest BCUT2D eigenvalue weighted by Gasteiger charge is 2.53. The average Bonchev–Trinajstić information content (AvgIpc) is 3.12. The molecule has 0 aromatic heterocycles. The normalized spacial score (nSPS) is 27.8. The zero-order valence-electron chi connectivity index (χ0n) is 18.8. The molecular formula is C26H29NO5S. The molecule has 2 heterocycles. The first kappa shape index (κ1) is 22.1. The summed E-state index contributed by atoms with van der Waals surface area (Å²) < 4.78 is 23.8. The molecule has 7 heteroatoms. The molecule has 2 fully saturated rings. The number of rotatable bonds is 5. The van der Waals surface area contributed by atoms with Crippen LogP contribution in [0, 0.1) is 0 Å². The Labute approximate surface area is 196 Å². The molecule has 1 aliphatic carbocycles. The third-order valence-electron chi connectivity index (χ3n) is 7.21. The van der Waals surface area contributed by atoms with Crippen LogP contribution in [0.5, 0.6) is 0 Å². The molecule has 2 bridgehead atoms. The fraction of sp³-hybridized carbons (Fsp3) is 0.462. The summed E-state index contributed by atoms with van der Waals surface area (Å²) in [5, 5.41) is 2.67. The van der Waals surface area contributed by atoms with Crippen LogP contribution in [0.2, 0.25) is 0 Å². The minimum atomic E-state index is -1.18. The first-order chi connectivity index (χ1) is 16.0. The Kier molecular flexibility index (Phi) is 5.99. The van der Waals surface area contributed by atoms with Crippen molar-refractivity contribution >= 4 is 22.9 Å². The van der Waals surface area contributed by atoms with E-state index in [1.807, 2.05) is 24.3 Å². The molecule has 3 aliphatic rings. The second-order valence-corrected chi connectivity index (χ2v) is 11.2. The lowest BCUT2D eigenvalue weighted by atomic mass is 9.82. The lowest BCUT2D eigenvalue weighted by molar-refractivity contribution is -0.152. The number of hydrogen-bond donors (Lipinski definition) is 1. The number of carbonyl (C=O) groups excluding carboxylic acids is 2. The van der Waals surface area contributed by atoms with Crippen molar-refractivity contribution in [3.8, 4) is 11.1 Å². The Morgan fingerprint density at radius 3 is 2.12 bits per heavy atom. The van der Waals surface area contributed by atoms with Gasteiger partial charge in [-0.05, 0) is 54.9 Å². The van der Waals surface area contributed by atoms with Gasteiger partial charge >= 0.3 is 12.1 Å². The lowest BCUT2D eigenvalue weighted by Gasteiger charge is -2.44. The molecule has 2 saturated heterocycles. The molecule has 5 rings (SSSR count). The number of benzene rings is 2. The summed E-state index contributed by atoms with van der Waals surface area (Å²) in [4.78, 5) is 26.0. The molecule has 33 heavy (non-hydrogen) atoms. The van der Waals surface area contributed by atoms with Crippen molar-refractivity contribution in [1.29, 1.82) is 0 Å². The Bertz CT molecular complexity index is 1040. The molecule has 2 aromatic rings. The number of hydrogen-bond acceptors (Lipinski definition) is 5. The van der Waals surface area contributed by atoms with Crippen LogP contribution >= 0.6 is 0 Å². The second-order valence-electron chi connectivity index (χ2n) is 9.16. The zero-order chi connectivity index (χ0) is 23.0. The van der Waals surface area contributed by atoms with Gasteiger partial charge in [0.15, 0.2) is 0 Å². The number of carbonyl (C=O) groups is 2.